The van der Waals surface area contributed by atoms with Crippen molar-refractivity contribution in [3.63, 3.8) is 0 Å². The third-order valence-electron chi connectivity index (χ3n) is 5.45. The number of carbonyl (C=O) groups excluding carboxylic acids is 1. The molecular weight excluding hydrogens is 488 g/mol. The Kier molecular flexibility index (Phi) is 6.81. The van der Waals surface area contributed by atoms with E-state index in [4.69, 9.17) is 4.74 Å². The number of anilines is 1. The first-order valence-electron chi connectivity index (χ1n) is 10.5. The molecule has 0 aliphatic rings. The molecule has 0 fully saturated rings. The van der Waals surface area contributed by atoms with Crippen molar-refractivity contribution >= 4 is 38.2 Å². The summed E-state index contributed by atoms with van der Waals surface area (Å²) in [6.07, 6.45) is 1.11. The van der Waals surface area contributed by atoms with Gasteiger partial charge in [-0.3, -0.25) is 29.4 Å². The average molecular weight is 509 g/mol. The van der Waals surface area contributed by atoms with Gasteiger partial charge in [0.25, 0.3) is 21.6 Å². The number of methoxy groups -OCH3 is 1. The summed E-state index contributed by atoms with van der Waals surface area (Å²) < 4.78 is 34.1. The molecule has 12 heteroatoms. The molecule has 0 saturated heterocycles. The van der Waals surface area contributed by atoms with Gasteiger partial charge in [-0.15, -0.1) is 0 Å². The number of hydroxylamine groups is 1. The van der Waals surface area contributed by atoms with Gasteiger partial charge in [0.05, 0.1) is 40.2 Å². The van der Waals surface area contributed by atoms with Crippen LogP contribution in [0.15, 0.2) is 83.9 Å². The zero-order valence-corrected chi connectivity index (χ0v) is 19.7. The number of ether oxygens (including phenoxy) is 1. The van der Waals surface area contributed by atoms with Crippen molar-refractivity contribution in [2.45, 2.75) is 11.4 Å². The summed E-state index contributed by atoms with van der Waals surface area (Å²) >= 11 is 0. The van der Waals surface area contributed by atoms with Gasteiger partial charge in [-0.2, -0.15) is 0 Å². The zero-order valence-electron chi connectivity index (χ0n) is 18.9. The Morgan fingerprint density at radius 2 is 1.81 bits per heavy atom. The van der Waals surface area contributed by atoms with Crippen molar-refractivity contribution in [2.24, 2.45) is 0 Å². The van der Waals surface area contributed by atoms with Crippen LogP contribution in [0.25, 0.3) is 10.9 Å². The summed E-state index contributed by atoms with van der Waals surface area (Å²) in [7, 11) is -2.90. The van der Waals surface area contributed by atoms with E-state index in [9.17, 15) is 28.5 Å². The third-order valence-corrected chi connectivity index (χ3v) is 7.21. The fraction of sp³-hybridized carbons (Fsp3) is 0.0833. The Labute approximate surface area is 205 Å². The summed E-state index contributed by atoms with van der Waals surface area (Å²) in [5.41, 5.74) is 1.51. The highest BCUT2D eigenvalue weighted by Gasteiger charge is 2.31. The maximum atomic E-state index is 14.0. The molecule has 184 valence electrons. The maximum Gasteiger partial charge on any atom is 0.278 e. The topological polar surface area (TPSA) is 152 Å². The summed E-state index contributed by atoms with van der Waals surface area (Å²) in [6, 6.07) is 18.0. The minimum Gasteiger partial charge on any atom is -0.497 e. The molecule has 1 heterocycles. The number of aromatic nitrogens is 1. The van der Waals surface area contributed by atoms with Crippen LogP contribution in [-0.2, 0) is 16.6 Å². The average Bonchev–Trinajstić information content (AvgIpc) is 2.91. The monoisotopic (exact) mass is 508 g/mol. The van der Waals surface area contributed by atoms with E-state index in [1.807, 2.05) is 0 Å². The lowest BCUT2D eigenvalue weighted by Gasteiger charge is -2.27. The summed E-state index contributed by atoms with van der Waals surface area (Å²) in [5.74, 6) is -0.595. The normalized spacial score (nSPS) is 11.2. The second kappa shape index (κ2) is 9.98. The Bertz CT molecular complexity index is 1540. The second-order valence-corrected chi connectivity index (χ2v) is 9.46. The molecule has 0 aliphatic heterocycles. The summed E-state index contributed by atoms with van der Waals surface area (Å²) in [6.45, 7) is -0.220. The first kappa shape index (κ1) is 24.6. The fourth-order valence-corrected chi connectivity index (χ4v) is 5.17. The number of sulfonamides is 1. The smallest absolute Gasteiger partial charge is 0.278 e. The van der Waals surface area contributed by atoms with Crippen LogP contribution in [0.1, 0.15) is 15.9 Å². The molecule has 36 heavy (non-hydrogen) atoms. The van der Waals surface area contributed by atoms with Gasteiger partial charge in [-0.1, -0.05) is 30.3 Å². The Morgan fingerprint density at radius 1 is 1.11 bits per heavy atom. The number of nitrogens with zero attached hydrogens (tertiary/aromatic N) is 3. The molecule has 0 aliphatic carbocycles. The lowest BCUT2D eigenvalue weighted by molar-refractivity contribution is -0.384. The van der Waals surface area contributed by atoms with Gasteiger partial charge in [-0.05, 0) is 35.9 Å². The predicted octanol–water partition coefficient (Wildman–Crippen LogP) is 3.67. The number of benzene rings is 3. The van der Waals surface area contributed by atoms with Crippen molar-refractivity contribution in [2.75, 3.05) is 11.4 Å². The van der Waals surface area contributed by atoms with Gasteiger partial charge >= 0.3 is 0 Å². The number of rotatable bonds is 8. The first-order chi connectivity index (χ1) is 17.3. The number of nitrogens with one attached hydrogen (secondary N) is 1. The van der Waals surface area contributed by atoms with Gasteiger partial charge in [0.2, 0.25) is 0 Å². The third kappa shape index (κ3) is 4.67. The molecule has 0 saturated carbocycles. The van der Waals surface area contributed by atoms with Crippen LogP contribution in [0.2, 0.25) is 0 Å². The quantitative estimate of drug-likeness (QED) is 0.208. The second-order valence-electron chi connectivity index (χ2n) is 7.59. The van der Waals surface area contributed by atoms with Crippen LogP contribution in [0.3, 0.4) is 0 Å². The molecule has 2 N–H and O–H groups in total. The molecule has 11 nitrogen and oxygen atoms in total. The van der Waals surface area contributed by atoms with Crippen LogP contribution in [0.5, 0.6) is 5.75 Å². The highest BCUT2D eigenvalue weighted by molar-refractivity contribution is 7.92. The molecule has 4 aromatic rings. The van der Waals surface area contributed by atoms with Gasteiger partial charge < -0.3 is 4.74 Å². The van der Waals surface area contributed by atoms with Crippen molar-refractivity contribution in [1.82, 2.24) is 10.5 Å². The van der Waals surface area contributed by atoms with E-state index >= 15 is 0 Å². The van der Waals surface area contributed by atoms with Crippen LogP contribution in [-0.4, -0.2) is 36.5 Å². The lowest BCUT2D eigenvalue weighted by Crippen LogP contribution is -2.33. The number of nitro groups is 1. The van der Waals surface area contributed by atoms with Gasteiger partial charge in [0.1, 0.15) is 5.75 Å². The number of fused-ring (bicyclic) bond motifs is 1. The van der Waals surface area contributed by atoms with Crippen molar-refractivity contribution in [3.05, 3.63) is 100 Å². The maximum absolute atomic E-state index is 14.0. The first-order valence-corrected chi connectivity index (χ1v) is 11.9. The van der Waals surface area contributed by atoms with Crippen LogP contribution >= 0.6 is 0 Å². The molecule has 0 spiro atoms. The van der Waals surface area contributed by atoms with Crippen molar-refractivity contribution in [3.8, 4) is 5.75 Å². The molecule has 1 amide bonds. The fourth-order valence-electron chi connectivity index (χ4n) is 3.68. The van der Waals surface area contributed by atoms with Crippen LogP contribution in [0, 0.1) is 10.1 Å². The SMILES string of the molecule is COc1ccc(S(=O)(=O)N(Cc2ccccc2)c2c(C(=O)NO)cnc3ccc([N+](=O)[O-])cc23)cc1. The Balaban J connectivity index is 2.05. The zero-order chi connectivity index (χ0) is 25.9. The molecule has 0 radical (unpaired) electrons. The summed E-state index contributed by atoms with van der Waals surface area (Å²) in [5, 5.41) is 20.9. The van der Waals surface area contributed by atoms with E-state index < -0.39 is 20.9 Å². The molecule has 0 atom stereocenters. The molecule has 0 bridgehead atoms. The van der Waals surface area contributed by atoms with E-state index in [1.165, 1.54) is 49.0 Å². The highest BCUT2D eigenvalue weighted by atomic mass is 32.2. The van der Waals surface area contributed by atoms with E-state index in [2.05, 4.69) is 4.98 Å². The highest BCUT2D eigenvalue weighted by Crippen LogP contribution is 2.37. The number of amides is 1. The minimum atomic E-state index is -4.35. The summed E-state index contributed by atoms with van der Waals surface area (Å²) in [4.78, 5) is 27.5. The molecule has 1 aromatic heterocycles. The molecule has 3 aromatic carbocycles. The van der Waals surface area contributed by atoms with E-state index in [1.54, 1.807) is 30.3 Å². The minimum absolute atomic E-state index is 0.0401. The van der Waals surface area contributed by atoms with E-state index in [-0.39, 0.29) is 39.3 Å². The van der Waals surface area contributed by atoms with Crippen LogP contribution in [0.4, 0.5) is 11.4 Å². The van der Waals surface area contributed by atoms with Gasteiger partial charge in [0.15, 0.2) is 0 Å². The number of pyridine rings is 1. The molecule has 4 rings (SSSR count). The molecular formula is C24H20N4O7S. The number of carbonyl (C=O) groups is 1. The van der Waals surface area contributed by atoms with Gasteiger partial charge in [0, 0.05) is 23.7 Å². The Morgan fingerprint density at radius 3 is 2.42 bits per heavy atom. The number of hydrogen-bond donors (Lipinski definition) is 2. The number of non-ortho nitro benzene ring substituents is 1. The number of hydrogen-bond acceptors (Lipinski definition) is 8. The van der Waals surface area contributed by atoms with Crippen molar-refractivity contribution < 1.29 is 28.1 Å². The lowest BCUT2D eigenvalue weighted by atomic mass is 10.1. The largest absolute Gasteiger partial charge is 0.497 e. The van der Waals surface area contributed by atoms with Crippen LogP contribution < -0.4 is 14.5 Å². The Hall–Kier alpha value is -4.55. The van der Waals surface area contributed by atoms with Gasteiger partial charge in [-0.25, -0.2) is 13.9 Å². The molecule has 0 unspecified atom stereocenters. The van der Waals surface area contributed by atoms with Crippen molar-refractivity contribution in [1.29, 1.82) is 0 Å². The van der Waals surface area contributed by atoms with E-state index in [0.717, 1.165) is 16.6 Å². The van der Waals surface area contributed by atoms with E-state index in [0.29, 0.717) is 11.3 Å². The standard InChI is InChI=1S/C24H20N4O7S/c1-35-18-8-10-19(11-9-18)36(33,34)27(15-16-5-3-2-4-6-16)23-20-13-17(28(31)32)7-12-22(20)25-14-21(23)24(29)26-30/h2-14,30H,15H2,1H3,(H,26,29). The number of nitro benzene ring substituents is 1. The predicted molar refractivity (Wildman–Crippen MR) is 130 cm³/mol.